The van der Waals surface area contributed by atoms with E-state index >= 15 is 0 Å². The minimum Gasteiger partial charge on any atom is -0.445 e. The third-order valence-corrected chi connectivity index (χ3v) is 21.9. The summed E-state index contributed by atoms with van der Waals surface area (Å²) >= 11 is 0. The third-order valence-electron chi connectivity index (χ3n) is 21.9. The Bertz CT molecular complexity index is 3050. The van der Waals surface area contributed by atoms with Crippen LogP contribution < -0.4 is 21.7 Å². The Balaban J connectivity index is 0.000000183. The molecule has 0 aromatic heterocycles. The second-order valence-corrected chi connectivity index (χ2v) is 27.4. The molecule has 10 aliphatic rings. The van der Waals surface area contributed by atoms with Crippen molar-refractivity contribution in [2.45, 2.75) is 209 Å². The zero-order valence-corrected chi connectivity index (χ0v) is 51.7. The van der Waals surface area contributed by atoms with Crippen LogP contribution in [0, 0.1) is 35.5 Å². The number of likely N-dealkylation sites (tertiary alicyclic amines) is 4. The van der Waals surface area contributed by atoms with E-state index in [9.17, 15) is 38.4 Å². The Kier molecular flexibility index (Phi) is 18.9. The molecular weight excluding hydrogens is 1110 g/mol. The lowest BCUT2D eigenvalue weighted by atomic mass is 9.82. The van der Waals surface area contributed by atoms with Crippen molar-refractivity contribution in [2.24, 2.45) is 41.2 Å². The number of aryl methyl sites for hydroxylation is 2. The predicted octanol–water partition coefficient (Wildman–Crippen LogP) is 7.67. The van der Waals surface area contributed by atoms with Gasteiger partial charge < -0.3 is 46.0 Å². The highest BCUT2D eigenvalue weighted by Crippen LogP contribution is 2.44. The van der Waals surface area contributed by atoms with Gasteiger partial charge in [0.25, 0.3) is 0 Å². The number of likely N-dealkylation sites (N-methyl/N-ethyl adjacent to an activating group) is 1. The Hall–Kier alpha value is -6.82. The summed E-state index contributed by atoms with van der Waals surface area (Å²) in [6, 6.07) is 22.6. The standard InChI is InChI=1S/C41H53N5O6.C29H40N4O3/c1-26(44(2)41(51)52-25-27-12-5-3-6-13-27)37(47)43-35(29-15-7-4-8-16-29)40(50)45-23-22-34-36(45)32(24-46(34)39(49)30-20-21-30)38(48)42-33-19-11-17-28-14-9-10-18-31(28)33;30-25(19-8-2-1-3-9-19)29(36)32-16-15-24-26(32)22(17-33(24)28(35)20-13-14-20)27(34)31-23-12-6-10-18-7-4-5-11-21(18)23/h3,5-6,9-10,12-14,18,26,29-30,32-36H,4,7-8,11,15-17,19-25H2,1-2H3,(H,42,48)(H,43,47);4-5,7,11,19-20,22-26H,1-3,6,8-10,12-17,30H2,(H,31,34)/t26-,32-,33+,34+,35-,36+;22-,23+,24+,25-,26+/m00/s1. The largest absolute Gasteiger partial charge is 0.445 e. The highest BCUT2D eigenvalue weighted by atomic mass is 16.6. The van der Waals surface area contributed by atoms with Crippen molar-refractivity contribution in [3.8, 4) is 0 Å². The summed E-state index contributed by atoms with van der Waals surface area (Å²) in [4.78, 5) is 119. The van der Waals surface area contributed by atoms with Crippen LogP contribution in [0.25, 0.3) is 0 Å². The summed E-state index contributed by atoms with van der Waals surface area (Å²) in [7, 11) is 1.53. The normalized spacial score (nSPS) is 27.7. The molecule has 13 rings (SSSR count). The summed E-state index contributed by atoms with van der Waals surface area (Å²) in [5.74, 6) is -1.23. The molecule has 3 aromatic carbocycles. The van der Waals surface area contributed by atoms with Gasteiger partial charge in [-0.05, 0) is 149 Å². The van der Waals surface area contributed by atoms with Gasteiger partial charge >= 0.3 is 6.09 Å². The van der Waals surface area contributed by atoms with Crippen LogP contribution in [-0.4, -0.2) is 147 Å². The van der Waals surface area contributed by atoms with Gasteiger partial charge in [0.15, 0.2) is 0 Å². The number of nitrogens with one attached hydrogen (secondary N) is 3. The molecule has 18 heteroatoms. The van der Waals surface area contributed by atoms with Gasteiger partial charge in [0.1, 0.15) is 18.7 Å². The fourth-order valence-electron chi connectivity index (χ4n) is 16.5. The second kappa shape index (κ2) is 27.1. The van der Waals surface area contributed by atoms with E-state index in [1.165, 1.54) is 35.1 Å². The van der Waals surface area contributed by atoms with E-state index in [0.717, 1.165) is 140 Å². The highest BCUT2D eigenvalue weighted by molar-refractivity contribution is 5.93. The van der Waals surface area contributed by atoms with Crippen LogP contribution in [0.5, 0.6) is 0 Å². The fourth-order valence-corrected chi connectivity index (χ4v) is 16.5. The highest BCUT2D eigenvalue weighted by Gasteiger charge is 2.58. The first-order chi connectivity index (χ1) is 42.7. The first-order valence-electron chi connectivity index (χ1n) is 33.7. The van der Waals surface area contributed by atoms with Gasteiger partial charge in [-0.15, -0.1) is 0 Å². The fraction of sp³-hybridized carbons (Fsp3) is 0.629. The first-order valence-corrected chi connectivity index (χ1v) is 33.7. The summed E-state index contributed by atoms with van der Waals surface area (Å²) in [5, 5.41) is 9.76. The van der Waals surface area contributed by atoms with Crippen molar-refractivity contribution in [3.05, 3.63) is 107 Å². The number of hydrogen-bond acceptors (Lipinski definition) is 10. The van der Waals surface area contributed by atoms with Gasteiger partial charge in [-0.2, -0.15) is 0 Å². The number of fused-ring (bicyclic) bond motifs is 4. The lowest BCUT2D eigenvalue weighted by molar-refractivity contribution is -0.142. The molecule has 4 heterocycles. The summed E-state index contributed by atoms with van der Waals surface area (Å²) < 4.78 is 5.48. The molecule has 4 saturated heterocycles. The topological polar surface area (TPSA) is 224 Å². The lowest BCUT2D eigenvalue weighted by Crippen LogP contribution is -2.59. The molecule has 18 nitrogen and oxygen atoms in total. The molecule has 4 saturated carbocycles. The van der Waals surface area contributed by atoms with E-state index in [1.807, 2.05) is 68.1 Å². The molecule has 88 heavy (non-hydrogen) atoms. The Morgan fingerprint density at radius 2 is 1.01 bits per heavy atom. The van der Waals surface area contributed by atoms with Gasteiger partial charge in [-0.1, -0.05) is 117 Å². The smallest absolute Gasteiger partial charge is 0.410 e. The maximum absolute atomic E-state index is 14.8. The minimum atomic E-state index is -0.886. The number of benzene rings is 3. The number of rotatable bonds is 15. The van der Waals surface area contributed by atoms with Crippen LogP contribution in [0.4, 0.5) is 4.79 Å². The zero-order valence-electron chi connectivity index (χ0n) is 51.7. The van der Waals surface area contributed by atoms with Gasteiger partial charge in [0.2, 0.25) is 41.4 Å². The molecule has 0 unspecified atom stereocenters. The molecule has 0 bridgehead atoms. The second-order valence-electron chi connectivity index (χ2n) is 27.4. The predicted molar refractivity (Wildman–Crippen MR) is 331 cm³/mol. The average molecular weight is 1200 g/mol. The van der Waals surface area contributed by atoms with Crippen LogP contribution in [-0.2, 0) is 57.7 Å². The van der Waals surface area contributed by atoms with Crippen molar-refractivity contribution >= 4 is 47.4 Å². The van der Waals surface area contributed by atoms with Gasteiger partial charge in [-0.25, -0.2) is 4.79 Å². The number of nitrogens with zero attached hydrogens (tertiary/aromatic N) is 5. The number of nitrogens with two attached hydrogens (primary N) is 1. The quantitative estimate of drug-likeness (QED) is 0.116. The number of carbonyl (C=O) groups excluding carboxylic acids is 8. The van der Waals surface area contributed by atoms with Crippen LogP contribution >= 0.6 is 0 Å². The molecule has 472 valence electrons. The maximum Gasteiger partial charge on any atom is 0.410 e. The van der Waals surface area contributed by atoms with E-state index in [2.05, 4.69) is 46.3 Å². The molecule has 0 radical (unpaired) electrons. The molecule has 8 fully saturated rings. The molecule has 5 N–H and O–H groups in total. The average Bonchev–Trinajstić information content (AvgIpc) is 1.73. The molecular formula is C70H93N9O9. The van der Waals surface area contributed by atoms with Crippen LogP contribution in [0.2, 0.25) is 0 Å². The van der Waals surface area contributed by atoms with E-state index in [1.54, 1.807) is 6.92 Å². The van der Waals surface area contributed by atoms with Gasteiger partial charge in [0.05, 0.1) is 54.1 Å². The van der Waals surface area contributed by atoms with Crippen LogP contribution in [0.3, 0.4) is 0 Å². The van der Waals surface area contributed by atoms with E-state index in [-0.39, 0.29) is 95.9 Å². The summed E-state index contributed by atoms with van der Waals surface area (Å²) in [5.41, 5.74) is 12.3. The number of carbonyl (C=O) groups is 8. The third kappa shape index (κ3) is 13.1. The molecule has 3 aromatic rings. The van der Waals surface area contributed by atoms with Crippen LogP contribution in [0.15, 0.2) is 78.9 Å². The number of amides is 8. The van der Waals surface area contributed by atoms with Crippen molar-refractivity contribution in [3.63, 3.8) is 0 Å². The first kappa shape index (κ1) is 61.4. The number of ether oxygens (including phenoxy) is 1. The van der Waals surface area contributed by atoms with Crippen molar-refractivity contribution in [1.29, 1.82) is 0 Å². The lowest BCUT2D eigenvalue weighted by Gasteiger charge is -2.37. The molecule has 6 aliphatic carbocycles. The van der Waals surface area contributed by atoms with E-state index < -0.39 is 48.0 Å². The van der Waals surface area contributed by atoms with E-state index in [4.69, 9.17) is 10.5 Å². The Labute approximate surface area is 519 Å². The van der Waals surface area contributed by atoms with Gasteiger partial charge in [0, 0.05) is 45.1 Å². The molecule has 0 spiro atoms. The molecule has 11 atom stereocenters. The van der Waals surface area contributed by atoms with E-state index in [0.29, 0.717) is 32.6 Å². The number of hydrogen-bond donors (Lipinski definition) is 4. The summed E-state index contributed by atoms with van der Waals surface area (Å²) in [6.45, 7) is 3.42. The molecule has 8 amide bonds. The van der Waals surface area contributed by atoms with Crippen molar-refractivity contribution in [2.75, 3.05) is 33.2 Å². The van der Waals surface area contributed by atoms with Crippen LogP contribution in [0.1, 0.15) is 175 Å². The van der Waals surface area contributed by atoms with Crippen molar-refractivity contribution < 1.29 is 43.1 Å². The Morgan fingerprint density at radius 3 is 1.51 bits per heavy atom. The van der Waals surface area contributed by atoms with Gasteiger partial charge in [-0.3, -0.25) is 38.5 Å². The summed E-state index contributed by atoms with van der Waals surface area (Å²) in [6.07, 6.45) is 20.3. The monoisotopic (exact) mass is 1200 g/mol. The SMILES string of the molecule is C[C@@H](C(=O)N[C@H](C(=O)N1CC[C@@H]2[C@H]1[C@@H](C(=O)N[C@@H]1CCCc3ccccc31)CN2C(=O)C1CC1)C1CCCCC1)N(C)C(=O)OCc1ccccc1.N[C@H](C(=O)N1CC[C@@H]2[C@H]1[C@@H](C(=O)N[C@@H]1CCCc3ccccc31)CN2C(=O)C1CC1)C1CCCCC1. The maximum atomic E-state index is 14.8. The Morgan fingerprint density at radius 1 is 0.545 bits per heavy atom. The van der Waals surface area contributed by atoms with Crippen molar-refractivity contribution in [1.82, 2.24) is 40.4 Å². The zero-order chi connectivity index (χ0) is 61.2. The molecule has 4 aliphatic heterocycles. The minimum absolute atomic E-state index is 0.00423.